The predicted molar refractivity (Wildman–Crippen MR) is 81.9 cm³/mol. The second kappa shape index (κ2) is 7.24. The Balaban J connectivity index is 2.44. The number of ether oxygens (including phenoxy) is 2. The van der Waals surface area contributed by atoms with Crippen molar-refractivity contribution >= 4 is 11.6 Å². The standard InChI is InChI=1S/C15H17ClN2O3/c1-20-8-7-18-15(19)12(10-16)9-14(17-18)11-3-5-13(21-2)6-4-11/h3-6,9H,7-8,10H2,1-2H3. The van der Waals surface area contributed by atoms with E-state index in [1.807, 2.05) is 24.3 Å². The first-order valence-corrected chi connectivity index (χ1v) is 7.03. The number of hydrogen-bond acceptors (Lipinski definition) is 4. The molecule has 0 saturated carbocycles. The monoisotopic (exact) mass is 308 g/mol. The van der Waals surface area contributed by atoms with Crippen molar-refractivity contribution < 1.29 is 9.47 Å². The Morgan fingerprint density at radius 1 is 1.24 bits per heavy atom. The van der Waals surface area contributed by atoms with Crippen LogP contribution in [0, 0.1) is 0 Å². The highest BCUT2D eigenvalue weighted by Gasteiger charge is 2.09. The predicted octanol–water partition coefficient (Wildman–Crippen LogP) is 2.30. The SMILES string of the molecule is COCCn1nc(-c2ccc(OC)cc2)cc(CCl)c1=O. The molecule has 1 heterocycles. The number of rotatable bonds is 6. The Labute approximate surface area is 128 Å². The summed E-state index contributed by atoms with van der Waals surface area (Å²) in [6.45, 7) is 0.809. The summed E-state index contributed by atoms with van der Waals surface area (Å²) < 4.78 is 11.5. The van der Waals surface area contributed by atoms with Crippen LogP contribution < -0.4 is 10.3 Å². The van der Waals surface area contributed by atoms with E-state index < -0.39 is 0 Å². The molecule has 1 aromatic heterocycles. The molecular formula is C15H17ClN2O3. The highest BCUT2D eigenvalue weighted by molar-refractivity contribution is 6.17. The van der Waals surface area contributed by atoms with Crippen molar-refractivity contribution in [2.75, 3.05) is 20.8 Å². The lowest BCUT2D eigenvalue weighted by molar-refractivity contribution is 0.182. The summed E-state index contributed by atoms with van der Waals surface area (Å²) in [4.78, 5) is 12.1. The Morgan fingerprint density at radius 2 is 1.95 bits per heavy atom. The molecule has 1 aromatic carbocycles. The van der Waals surface area contributed by atoms with Gasteiger partial charge >= 0.3 is 0 Å². The molecule has 0 spiro atoms. The zero-order chi connectivity index (χ0) is 15.2. The van der Waals surface area contributed by atoms with Crippen molar-refractivity contribution in [3.63, 3.8) is 0 Å². The summed E-state index contributed by atoms with van der Waals surface area (Å²) in [5, 5.41) is 4.37. The van der Waals surface area contributed by atoms with Gasteiger partial charge in [0.2, 0.25) is 0 Å². The number of benzene rings is 1. The lowest BCUT2D eigenvalue weighted by Gasteiger charge is -2.10. The zero-order valence-corrected chi connectivity index (χ0v) is 12.8. The lowest BCUT2D eigenvalue weighted by atomic mass is 10.1. The molecule has 0 bridgehead atoms. The second-order valence-corrected chi connectivity index (χ2v) is 4.71. The Hall–Kier alpha value is -1.85. The zero-order valence-electron chi connectivity index (χ0n) is 12.0. The van der Waals surface area contributed by atoms with Crippen molar-refractivity contribution in [2.45, 2.75) is 12.4 Å². The van der Waals surface area contributed by atoms with Gasteiger partial charge in [0.15, 0.2) is 0 Å². The van der Waals surface area contributed by atoms with Crippen LogP contribution >= 0.6 is 11.6 Å². The summed E-state index contributed by atoms with van der Waals surface area (Å²) in [6.07, 6.45) is 0. The van der Waals surface area contributed by atoms with Crippen LogP contribution in [-0.4, -0.2) is 30.6 Å². The van der Waals surface area contributed by atoms with E-state index in [0.29, 0.717) is 24.4 Å². The molecule has 2 rings (SSSR count). The van der Waals surface area contributed by atoms with E-state index in [4.69, 9.17) is 21.1 Å². The van der Waals surface area contributed by atoms with Gasteiger partial charge in [0, 0.05) is 18.2 Å². The molecule has 2 aromatic rings. The fraction of sp³-hybridized carbons (Fsp3) is 0.333. The van der Waals surface area contributed by atoms with Crippen LogP contribution in [0.4, 0.5) is 0 Å². The average Bonchev–Trinajstić information content (AvgIpc) is 2.54. The quantitative estimate of drug-likeness (QED) is 0.768. The van der Waals surface area contributed by atoms with E-state index in [1.165, 1.54) is 4.68 Å². The van der Waals surface area contributed by atoms with Crippen molar-refractivity contribution in [1.82, 2.24) is 9.78 Å². The van der Waals surface area contributed by atoms with Gasteiger partial charge in [0.1, 0.15) is 5.75 Å². The summed E-state index contributed by atoms with van der Waals surface area (Å²) in [5.41, 5.74) is 1.94. The first kappa shape index (κ1) is 15.5. The van der Waals surface area contributed by atoms with Crippen molar-refractivity contribution in [3.8, 4) is 17.0 Å². The molecule has 0 saturated heterocycles. The fourth-order valence-corrected chi connectivity index (χ4v) is 2.12. The van der Waals surface area contributed by atoms with Crippen LogP contribution in [0.25, 0.3) is 11.3 Å². The number of hydrogen-bond donors (Lipinski definition) is 0. The normalized spacial score (nSPS) is 10.6. The Bertz CT molecular complexity index is 653. The molecule has 0 atom stereocenters. The molecule has 0 N–H and O–H groups in total. The van der Waals surface area contributed by atoms with Crippen LogP contribution in [0.15, 0.2) is 35.1 Å². The van der Waals surface area contributed by atoms with Gasteiger partial charge in [-0.25, -0.2) is 4.68 Å². The third-order valence-electron chi connectivity index (χ3n) is 3.09. The number of methoxy groups -OCH3 is 2. The lowest BCUT2D eigenvalue weighted by Crippen LogP contribution is -2.27. The minimum Gasteiger partial charge on any atom is -0.497 e. The molecule has 0 fully saturated rings. The van der Waals surface area contributed by atoms with E-state index in [1.54, 1.807) is 20.3 Å². The molecule has 0 aliphatic heterocycles. The molecule has 0 aliphatic rings. The maximum atomic E-state index is 12.1. The van der Waals surface area contributed by atoms with Crippen LogP contribution in [-0.2, 0) is 17.2 Å². The molecule has 21 heavy (non-hydrogen) atoms. The van der Waals surface area contributed by atoms with E-state index in [0.717, 1.165) is 11.3 Å². The molecular weight excluding hydrogens is 292 g/mol. The van der Waals surface area contributed by atoms with E-state index in [2.05, 4.69) is 5.10 Å². The number of nitrogens with zero attached hydrogens (tertiary/aromatic N) is 2. The topological polar surface area (TPSA) is 53.4 Å². The minimum atomic E-state index is -0.181. The van der Waals surface area contributed by atoms with Crippen LogP contribution in [0.5, 0.6) is 5.75 Å². The van der Waals surface area contributed by atoms with E-state index >= 15 is 0 Å². The minimum absolute atomic E-state index is 0.150. The van der Waals surface area contributed by atoms with E-state index in [9.17, 15) is 4.79 Å². The Morgan fingerprint density at radius 3 is 2.52 bits per heavy atom. The third-order valence-corrected chi connectivity index (χ3v) is 3.37. The molecule has 112 valence electrons. The van der Waals surface area contributed by atoms with Gasteiger partial charge in [0.05, 0.1) is 31.8 Å². The highest BCUT2D eigenvalue weighted by Crippen LogP contribution is 2.20. The van der Waals surface area contributed by atoms with Crippen molar-refractivity contribution in [1.29, 1.82) is 0 Å². The van der Waals surface area contributed by atoms with Crippen molar-refractivity contribution in [3.05, 3.63) is 46.2 Å². The first-order valence-electron chi connectivity index (χ1n) is 6.50. The average molecular weight is 309 g/mol. The maximum Gasteiger partial charge on any atom is 0.271 e. The molecule has 6 heteroatoms. The van der Waals surface area contributed by atoms with Gasteiger partial charge in [0.25, 0.3) is 5.56 Å². The third kappa shape index (κ3) is 3.62. The van der Waals surface area contributed by atoms with Crippen LogP contribution in [0.1, 0.15) is 5.56 Å². The highest BCUT2D eigenvalue weighted by atomic mass is 35.5. The molecule has 0 radical (unpaired) electrons. The second-order valence-electron chi connectivity index (χ2n) is 4.44. The molecule has 0 unspecified atom stereocenters. The van der Waals surface area contributed by atoms with Gasteiger partial charge in [-0.15, -0.1) is 11.6 Å². The molecule has 0 aliphatic carbocycles. The van der Waals surface area contributed by atoms with Crippen molar-refractivity contribution in [2.24, 2.45) is 0 Å². The van der Waals surface area contributed by atoms with E-state index in [-0.39, 0.29) is 11.4 Å². The largest absolute Gasteiger partial charge is 0.497 e. The number of alkyl halides is 1. The summed E-state index contributed by atoms with van der Waals surface area (Å²) >= 11 is 5.85. The maximum absolute atomic E-state index is 12.1. The first-order chi connectivity index (χ1) is 10.2. The summed E-state index contributed by atoms with van der Waals surface area (Å²) in [7, 11) is 3.20. The number of aromatic nitrogens is 2. The van der Waals surface area contributed by atoms with Gasteiger partial charge in [-0.1, -0.05) is 0 Å². The number of halogens is 1. The molecule has 0 amide bonds. The van der Waals surface area contributed by atoms with Crippen LogP contribution in [0.2, 0.25) is 0 Å². The van der Waals surface area contributed by atoms with Gasteiger partial charge in [-0.2, -0.15) is 5.10 Å². The summed E-state index contributed by atoms with van der Waals surface area (Å²) in [6, 6.07) is 9.21. The van der Waals surface area contributed by atoms with Crippen LogP contribution in [0.3, 0.4) is 0 Å². The Kier molecular flexibility index (Phi) is 5.36. The van der Waals surface area contributed by atoms with Gasteiger partial charge in [-0.3, -0.25) is 4.79 Å². The smallest absolute Gasteiger partial charge is 0.271 e. The molecule has 5 nitrogen and oxygen atoms in total. The summed E-state index contributed by atoms with van der Waals surface area (Å²) in [5.74, 6) is 0.918. The fourth-order valence-electron chi connectivity index (χ4n) is 1.92. The van der Waals surface area contributed by atoms with Gasteiger partial charge < -0.3 is 9.47 Å². The van der Waals surface area contributed by atoms with Gasteiger partial charge in [-0.05, 0) is 30.3 Å².